The molecule has 0 unspecified atom stereocenters. The van der Waals surface area contributed by atoms with Crippen LogP contribution in [0.5, 0.6) is 51.7 Å². The van der Waals surface area contributed by atoms with Crippen LogP contribution in [0.1, 0.15) is 337 Å². The van der Waals surface area contributed by atoms with Crippen molar-refractivity contribution >= 4 is 0 Å². The van der Waals surface area contributed by atoms with Crippen LogP contribution in [0, 0.1) is 96.9 Å². The van der Waals surface area contributed by atoms with Crippen LogP contribution in [0.15, 0.2) is 109 Å². The van der Waals surface area contributed by atoms with Gasteiger partial charge in [-0.15, -0.1) is 0 Å². The summed E-state index contributed by atoms with van der Waals surface area (Å²) in [6.45, 7) is 59.3. The number of aliphatic hydroxyl groups excluding tert-OH is 1. The number of aryl methyl sites for hydroxylation is 16. The molecule has 0 saturated heterocycles. The maximum absolute atomic E-state index is 10.6. The van der Waals surface area contributed by atoms with Crippen LogP contribution in [-0.4, -0.2) is 51.1 Å². The van der Waals surface area contributed by atoms with E-state index in [1.807, 2.05) is 175 Å². The Balaban J connectivity index is 0.000000292. The van der Waals surface area contributed by atoms with Gasteiger partial charge in [0.15, 0.2) is 0 Å². The number of hydrogen-bond donors (Lipinski definition) is 10. The molecular formula is C105H150O10. The first kappa shape index (κ1) is 98.5. The smallest absolute Gasteiger partial charge is 0.123 e. The Morgan fingerprint density at radius 2 is 0.496 bits per heavy atom. The fraction of sp³-hybridized carbons (Fsp3) is 0.486. The lowest BCUT2D eigenvalue weighted by Gasteiger charge is -2.28. The molecule has 0 spiro atoms. The van der Waals surface area contributed by atoms with Gasteiger partial charge in [0.25, 0.3) is 0 Å². The Labute approximate surface area is 695 Å². The largest absolute Gasteiger partial charge is 0.507 e. The van der Waals surface area contributed by atoms with Gasteiger partial charge in [0, 0.05) is 23.5 Å². The standard InChI is InChI=1S/C23H40O.C18H22O2.2C17H20O2.C15H24O2.C15H24O/c1-4-6-8-10-12-14-16-21-18-20(3)19-22(23(21)24)17-15-13-11-9-7-5-2;1-10-6-12(3)17(19)15(8-10)14(5)16-9-11(2)7-13(4)18(16)20;1-10-5-14(6-11(2)16(10)18)9-15-7-12(3)17(19)13(4)8-15;1-10-5-12(3)16(18)14(7-10)9-15-8-11(2)6-13(4)17(15)19;1-14(2,3)11-7-10(9-16)8-12(13(11)17)15(4,5)6;1-10-8-11(14(2,3)4)13(16)12(9-10)15(5,6)7/h18-19,24H,4-17H2,1-3H3;6-9,14,19-20H,1-5H3;2*5-8,18-19H,9H2,1-4H3;7-8,16-17H,9H2,1-6H3;8-9,16H,1-7H3. The first-order valence-corrected chi connectivity index (χ1v) is 42.3. The van der Waals surface area contributed by atoms with Gasteiger partial charge >= 0.3 is 0 Å². The average molecular weight is 1570 g/mol. The molecule has 0 heterocycles. The molecule has 0 fully saturated rings. The van der Waals surface area contributed by atoms with Crippen molar-refractivity contribution in [2.45, 2.75) is 338 Å². The second-order valence-electron chi connectivity index (χ2n) is 37.3. The summed E-state index contributed by atoms with van der Waals surface area (Å²) < 4.78 is 0. The summed E-state index contributed by atoms with van der Waals surface area (Å²) >= 11 is 0. The van der Waals surface area contributed by atoms with Crippen LogP contribution in [0.4, 0.5) is 0 Å². The highest BCUT2D eigenvalue weighted by Crippen LogP contribution is 2.44. The second kappa shape index (κ2) is 43.9. The van der Waals surface area contributed by atoms with E-state index in [9.17, 15) is 51.1 Å². The number of aliphatic hydroxyl groups is 1. The zero-order valence-corrected chi connectivity index (χ0v) is 76.5. The monoisotopic (exact) mass is 1570 g/mol. The highest BCUT2D eigenvalue weighted by Gasteiger charge is 2.28. The van der Waals surface area contributed by atoms with E-state index in [-0.39, 0.29) is 34.2 Å². The van der Waals surface area contributed by atoms with Crippen molar-refractivity contribution < 1.29 is 51.1 Å². The minimum absolute atomic E-state index is 0.00639. The zero-order chi connectivity index (χ0) is 87.1. The predicted octanol–water partition coefficient (Wildman–Crippen LogP) is 27.6. The Bertz CT molecular complexity index is 4330. The van der Waals surface area contributed by atoms with Crippen molar-refractivity contribution in [3.05, 3.63) is 259 Å². The zero-order valence-electron chi connectivity index (χ0n) is 76.5. The Kier molecular flexibility index (Phi) is 37.6. The van der Waals surface area contributed by atoms with Gasteiger partial charge in [-0.25, -0.2) is 0 Å². The maximum Gasteiger partial charge on any atom is 0.123 e. The van der Waals surface area contributed by atoms with Crippen LogP contribution in [0.25, 0.3) is 0 Å². The molecule has 0 bridgehead atoms. The summed E-state index contributed by atoms with van der Waals surface area (Å²) in [6, 6.07) is 36.2. The molecule has 9 aromatic carbocycles. The van der Waals surface area contributed by atoms with Gasteiger partial charge in [-0.1, -0.05) is 299 Å². The van der Waals surface area contributed by atoms with Gasteiger partial charge in [0.05, 0.1) is 6.61 Å². The second-order valence-corrected chi connectivity index (χ2v) is 37.3. The van der Waals surface area contributed by atoms with E-state index in [2.05, 4.69) is 135 Å². The van der Waals surface area contributed by atoms with Crippen molar-refractivity contribution in [2.24, 2.45) is 0 Å². The maximum atomic E-state index is 10.6. The van der Waals surface area contributed by atoms with Gasteiger partial charge in [-0.05, 0) is 269 Å². The van der Waals surface area contributed by atoms with Crippen LogP contribution in [0.3, 0.4) is 0 Å². The van der Waals surface area contributed by atoms with Crippen molar-refractivity contribution in [3.8, 4) is 51.7 Å². The molecule has 115 heavy (non-hydrogen) atoms. The average Bonchev–Trinajstić information content (AvgIpc) is 0.794. The van der Waals surface area contributed by atoms with Crippen molar-refractivity contribution in [3.63, 3.8) is 0 Å². The quantitative estimate of drug-likeness (QED) is 0.0309. The van der Waals surface area contributed by atoms with Crippen LogP contribution >= 0.6 is 0 Å². The summed E-state index contributed by atoms with van der Waals surface area (Å²) in [5.41, 5.74) is 26.7. The van der Waals surface area contributed by atoms with Crippen LogP contribution in [0.2, 0.25) is 0 Å². The third kappa shape index (κ3) is 30.0. The van der Waals surface area contributed by atoms with E-state index in [0.717, 1.165) is 136 Å². The van der Waals surface area contributed by atoms with Gasteiger partial charge in [0.1, 0.15) is 51.7 Å². The molecule has 9 aromatic rings. The Morgan fingerprint density at radius 3 is 0.800 bits per heavy atom. The molecule has 0 amide bonds. The number of hydrogen-bond acceptors (Lipinski definition) is 10. The Morgan fingerprint density at radius 1 is 0.243 bits per heavy atom. The van der Waals surface area contributed by atoms with E-state index < -0.39 is 0 Å². The van der Waals surface area contributed by atoms with E-state index >= 15 is 0 Å². The fourth-order valence-corrected chi connectivity index (χ4v) is 15.3. The SMILES string of the molecule is CC(C)(C)c1cc(CO)cc(C(C)(C)C)c1O.CCCCCCCCc1cc(C)cc(CCCCCCCC)c1O.Cc1cc(C(C)(C)C)c(O)c(C(C)(C)C)c1.Cc1cc(C)c(O)c(C(C)c2cc(C)cc(C)c2O)c1.Cc1cc(C)c(O)c(Cc2cc(C)cc(C)c2O)c1.Cc1cc(Cc2cc(C)c(O)c(C)c2)cc(C)c1O. The summed E-state index contributed by atoms with van der Waals surface area (Å²) in [4.78, 5) is 0. The predicted molar refractivity (Wildman–Crippen MR) is 487 cm³/mol. The number of phenolic OH excluding ortho intramolecular Hbond substituents is 9. The molecule has 0 saturated carbocycles. The first-order chi connectivity index (χ1) is 53.4. The molecule has 0 aromatic heterocycles. The topological polar surface area (TPSA) is 202 Å². The molecule has 0 atom stereocenters. The van der Waals surface area contributed by atoms with Crippen molar-refractivity contribution in [2.75, 3.05) is 0 Å². The fourth-order valence-electron chi connectivity index (χ4n) is 15.3. The summed E-state index contributed by atoms with van der Waals surface area (Å²) in [6.07, 6.45) is 19.1. The molecule has 9 rings (SSSR count). The number of unbranched alkanes of at least 4 members (excludes halogenated alkanes) is 10. The lowest BCUT2D eigenvalue weighted by atomic mass is 9.78. The third-order valence-electron chi connectivity index (χ3n) is 21.7. The third-order valence-corrected chi connectivity index (χ3v) is 21.7. The molecule has 0 radical (unpaired) electrons. The van der Waals surface area contributed by atoms with E-state index in [4.69, 9.17) is 0 Å². The highest BCUT2D eigenvalue weighted by atomic mass is 16.3. The van der Waals surface area contributed by atoms with E-state index in [1.165, 1.54) is 110 Å². The van der Waals surface area contributed by atoms with Crippen molar-refractivity contribution in [1.82, 2.24) is 0 Å². The van der Waals surface area contributed by atoms with Gasteiger partial charge < -0.3 is 51.1 Å². The number of phenols is 9. The van der Waals surface area contributed by atoms with Crippen LogP contribution < -0.4 is 0 Å². The Hall–Kier alpha value is -8.86. The molecule has 630 valence electrons. The number of aromatic hydroxyl groups is 9. The van der Waals surface area contributed by atoms with Gasteiger partial charge in [-0.2, -0.15) is 0 Å². The van der Waals surface area contributed by atoms with Crippen molar-refractivity contribution in [1.29, 1.82) is 0 Å². The van der Waals surface area contributed by atoms with Crippen LogP contribution in [-0.2, 0) is 54.0 Å². The molecule has 0 aliphatic rings. The molecule has 10 nitrogen and oxygen atoms in total. The molecule has 10 N–H and O–H groups in total. The molecule has 0 aliphatic heterocycles. The number of rotatable bonds is 21. The van der Waals surface area contributed by atoms with Gasteiger partial charge in [-0.3, -0.25) is 0 Å². The minimum atomic E-state index is -0.130. The number of benzene rings is 9. The summed E-state index contributed by atoms with van der Waals surface area (Å²) in [7, 11) is 0. The highest BCUT2D eigenvalue weighted by molar-refractivity contribution is 5.56. The van der Waals surface area contributed by atoms with Gasteiger partial charge in [0.2, 0.25) is 0 Å². The van der Waals surface area contributed by atoms with E-state index in [0.29, 0.717) is 58.2 Å². The first-order valence-electron chi connectivity index (χ1n) is 42.3. The minimum Gasteiger partial charge on any atom is -0.507 e. The molecule has 10 heteroatoms. The van der Waals surface area contributed by atoms with E-state index in [1.54, 1.807) is 0 Å². The molecular weight excluding hydrogens is 1420 g/mol. The lowest BCUT2D eigenvalue weighted by Crippen LogP contribution is -2.17. The molecule has 0 aliphatic carbocycles. The normalized spacial score (nSPS) is 11.5. The summed E-state index contributed by atoms with van der Waals surface area (Å²) in [5.74, 6) is 3.41. The summed E-state index contributed by atoms with van der Waals surface area (Å²) in [5, 5.41) is 101. The lowest BCUT2D eigenvalue weighted by molar-refractivity contribution is 0.280.